The summed E-state index contributed by atoms with van der Waals surface area (Å²) in [7, 11) is 0. The van der Waals surface area contributed by atoms with Crippen LogP contribution in [0, 0.1) is 12.8 Å². The molecule has 48 valence electrons. The van der Waals surface area contributed by atoms with Crippen molar-refractivity contribution in [2.24, 2.45) is 5.92 Å². The van der Waals surface area contributed by atoms with Gasteiger partial charge in [-0.3, -0.25) is 0 Å². The lowest BCUT2D eigenvalue weighted by Gasteiger charge is -2.28. The monoisotopic (exact) mass is 113 g/mol. The fraction of sp³-hybridized carbons (Fsp3) is 0.857. The summed E-state index contributed by atoms with van der Waals surface area (Å²) in [5.74, 6) is 0.757. The molecule has 1 nitrogen and oxygen atoms in total. The van der Waals surface area contributed by atoms with E-state index in [0.717, 1.165) is 18.9 Å². The lowest BCUT2D eigenvalue weighted by atomic mass is 10.0. The molecule has 0 saturated carbocycles. The zero-order valence-corrected chi connectivity index (χ0v) is 5.39. The molecule has 0 N–H and O–H groups in total. The topological polar surface area (TPSA) is 9.23 Å². The van der Waals surface area contributed by atoms with Crippen LogP contribution in [0.5, 0.6) is 0 Å². The first-order valence-corrected chi connectivity index (χ1v) is 3.23. The molecule has 0 aliphatic carbocycles. The fourth-order valence-electron chi connectivity index (χ4n) is 0.937. The van der Waals surface area contributed by atoms with Crippen molar-refractivity contribution in [3.63, 3.8) is 0 Å². The second kappa shape index (κ2) is 2.49. The molecule has 1 aliphatic rings. The molecule has 2 unspecified atom stereocenters. The van der Waals surface area contributed by atoms with Gasteiger partial charge in [0.15, 0.2) is 0 Å². The third kappa shape index (κ3) is 1.48. The van der Waals surface area contributed by atoms with E-state index in [-0.39, 0.29) is 6.10 Å². The molecule has 0 spiro atoms. The van der Waals surface area contributed by atoms with Crippen LogP contribution in [-0.2, 0) is 4.74 Å². The summed E-state index contributed by atoms with van der Waals surface area (Å²) >= 11 is 0. The predicted octanol–water partition coefficient (Wildman–Crippen LogP) is 1.64. The number of hydrogen-bond acceptors (Lipinski definition) is 1. The van der Waals surface area contributed by atoms with Gasteiger partial charge in [0, 0.05) is 6.61 Å². The van der Waals surface area contributed by atoms with Gasteiger partial charge in [0.05, 0.1) is 0 Å². The summed E-state index contributed by atoms with van der Waals surface area (Å²) in [6, 6.07) is 0. The highest BCUT2D eigenvalue weighted by atomic mass is 16.5. The van der Waals surface area contributed by atoms with Gasteiger partial charge in [0.25, 0.3) is 0 Å². The summed E-state index contributed by atoms with van der Waals surface area (Å²) in [5, 5.41) is 0. The van der Waals surface area contributed by atoms with E-state index in [1.54, 1.807) is 0 Å². The minimum atomic E-state index is 0.270. The molecule has 8 heavy (non-hydrogen) atoms. The summed E-state index contributed by atoms with van der Waals surface area (Å²) in [5.41, 5.74) is 0. The highest BCUT2D eigenvalue weighted by Crippen LogP contribution is 2.16. The van der Waals surface area contributed by atoms with E-state index in [1.165, 1.54) is 6.42 Å². The first-order chi connectivity index (χ1) is 3.79. The van der Waals surface area contributed by atoms with E-state index in [9.17, 15) is 0 Å². The van der Waals surface area contributed by atoms with Gasteiger partial charge in [-0.25, -0.2) is 0 Å². The molecular formula is C7H13O-. The van der Waals surface area contributed by atoms with E-state index in [4.69, 9.17) is 4.74 Å². The van der Waals surface area contributed by atoms with Crippen molar-refractivity contribution in [2.75, 3.05) is 6.61 Å². The van der Waals surface area contributed by atoms with Crippen LogP contribution in [-0.4, -0.2) is 12.7 Å². The molecule has 2 atom stereocenters. The fourth-order valence-corrected chi connectivity index (χ4v) is 0.937. The van der Waals surface area contributed by atoms with Gasteiger partial charge in [0.2, 0.25) is 0 Å². The molecule has 0 aromatic rings. The lowest BCUT2D eigenvalue weighted by molar-refractivity contribution is 0.0149. The van der Waals surface area contributed by atoms with Crippen molar-refractivity contribution in [3.8, 4) is 0 Å². The van der Waals surface area contributed by atoms with Crippen LogP contribution in [0.15, 0.2) is 0 Å². The average molecular weight is 113 g/mol. The standard InChI is InChI=1S/C7H13O/c1-6-3-4-7(2)8-5-6/h6-7H,2-5H2,1H3/q-1. The molecule has 1 saturated heterocycles. The Morgan fingerprint density at radius 3 is 2.62 bits per heavy atom. The minimum absolute atomic E-state index is 0.270. The molecule has 0 amide bonds. The quantitative estimate of drug-likeness (QED) is 0.434. The Morgan fingerprint density at radius 1 is 1.50 bits per heavy atom. The van der Waals surface area contributed by atoms with Crippen LogP contribution in [0.4, 0.5) is 0 Å². The van der Waals surface area contributed by atoms with Crippen LogP contribution < -0.4 is 0 Å². The SMILES string of the molecule is [CH2-]C1CCC(C)CO1. The van der Waals surface area contributed by atoms with E-state index in [0.29, 0.717) is 0 Å². The number of hydrogen-bond donors (Lipinski definition) is 0. The molecule has 0 aromatic heterocycles. The first-order valence-electron chi connectivity index (χ1n) is 3.23. The highest BCUT2D eigenvalue weighted by Gasteiger charge is 2.09. The Morgan fingerprint density at radius 2 is 2.25 bits per heavy atom. The maximum Gasteiger partial charge on any atom is 0.0459 e. The van der Waals surface area contributed by atoms with Gasteiger partial charge in [-0.05, 0) is 12.3 Å². The van der Waals surface area contributed by atoms with Gasteiger partial charge >= 0.3 is 0 Å². The summed E-state index contributed by atoms with van der Waals surface area (Å²) in [6.07, 6.45) is 2.70. The van der Waals surface area contributed by atoms with Crippen LogP contribution in [0.2, 0.25) is 0 Å². The predicted molar refractivity (Wildman–Crippen MR) is 33.5 cm³/mol. The van der Waals surface area contributed by atoms with Gasteiger partial charge in [-0.15, -0.1) is 0 Å². The van der Waals surface area contributed by atoms with Crippen LogP contribution in [0.25, 0.3) is 0 Å². The van der Waals surface area contributed by atoms with E-state index < -0.39 is 0 Å². The Kier molecular flexibility index (Phi) is 1.90. The van der Waals surface area contributed by atoms with Crippen molar-refractivity contribution < 1.29 is 4.74 Å². The second-order valence-electron chi connectivity index (χ2n) is 2.64. The molecule has 0 radical (unpaired) electrons. The minimum Gasteiger partial charge on any atom is -0.410 e. The molecule has 1 heteroatoms. The van der Waals surface area contributed by atoms with Gasteiger partial charge < -0.3 is 11.7 Å². The van der Waals surface area contributed by atoms with Gasteiger partial charge in [-0.2, -0.15) is 0 Å². The van der Waals surface area contributed by atoms with Crippen LogP contribution >= 0.6 is 0 Å². The number of rotatable bonds is 0. The largest absolute Gasteiger partial charge is 0.410 e. The normalized spacial score (nSPS) is 39.8. The highest BCUT2D eigenvalue weighted by molar-refractivity contribution is 4.68. The number of ether oxygens (including phenoxy) is 1. The Bertz CT molecular complexity index is 52.8. The zero-order valence-electron chi connectivity index (χ0n) is 5.39. The summed E-state index contributed by atoms with van der Waals surface area (Å²) < 4.78 is 5.28. The van der Waals surface area contributed by atoms with E-state index in [1.807, 2.05) is 0 Å². The van der Waals surface area contributed by atoms with Crippen molar-refractivity contribution >= 4 is 0 Å². The molecule has 0 aromatic carbocycles. The van der Waals surface area contributed by atoms with Crippen molar-refractivity contribution in [1.29, 1.82) is 0 Å². The Labute approximate surface area is 51.0 Å². The third-order valence-electron chi connectivity index (χ3n) is 1.60. The zero-order chi connectivity index (χ0) is 5.98. The molecule has 0 bridgehead atoms. The van der Waals surface area contributed by atoms with Crippen LogP contribution in [0.1, 0.15) is 19.8 Å². The average Bonchev–Trinajstić information content (AvgIpc) is 1.77. The first kappa shape index (κ1) is 6.09. The smallest absolute Gasteiger partial charge is 0.0459 e. The van der Waals surface area contributed by atoms with Crippen molar-refractivity contribution in [2.45, 2.75) is 25.9 Å². The van der Waals surface area contributed by atoms with Crippen LogP contribution in [0.3, 0.4) is 0 Å². The van der Waals surface area contributed by atoms with Gasteiger partial charge in [0.1, 0.15) is 0 Å². The van der Waals surface area contributed by atoms with Crippen molar-refractivity contribution in [3.05, 3.63) is 6.92 Å². The van der Waals surface area contributed by atoms with E-state index in [2.05, 4.69) is 13.8 Å². The van der Waals surface area contributed by atoms with Crippen molar-refractivity contribution in [1.82, 2.24) is 0 Å². The molecule has 1 aliphatic heterocycles. The third-order valence-corrected chi connectivity index (χ3v) is 1.60. The summed E-state index contributed by atoms with van der Waals surface area (Å²) in [4.78, 5) is 0. The molecule has 1 heterocycles. The van der Waals surface area contributed by atoms with Gasteiger partial charge in [-0.1, -0.05) is 19.4 Å². The Balaban J connectivity index is 2.19. The summed E-state index contributed by atoms with van der Waals surface area (Å²) in [6.45, 7) is 6.93. The molecular weight excluding hydrogens is 100 g/mol. The molecule has 1 rings (SSSR count). The molecule has 1 fully saturated rings. The second-order valence-corrected chi connectivity index (χ2v) is 2.64. The maximum atomic E-state index is 5.28. The maximum absolute atomic E-state index is 5.28. The van der Waals surface area contributed by atoms with E-state index >= 15 is 0 Å². The Hall–Kier alpha value is -0.0400. The lowest BCUT2D eigenvalue weighted by Crippen LogP contribution is -2.21.